The fraction of sp³-hybridized carbons (Fsp3) is 0.400. The van der Waals surface area contributed by atoms with E-state index < -0.39 is 8.60 Å². The molecule has 0 amide bonds. The summed E-state index contributed by atoms with van der Waals surface area (Å²) >= 11 is 0. The summed E-state index contributed by atoms with van der Waals surface area (Å²) < 4.78 is 19.2. The summed E-state index contributed by atoms with van der Waals surface area (Å²) in [6.45, 7) is 18.3. The second-order valence-corrected chi connectivity index (χ2v) is 13.3. The molecule has 0 aliphatic rings. The first-order chi connectivity index (χ1) is 16.9. The predicted octanol–water partition coefficient (Wildman–Crippen LogP) is 8.46. The normalized spacial score (nSPS) is 12.5. The van der Waals surface area contributed by atoms with Crippen molar-refractivity contribution in [3.8, 4) is 34.5 Å². The van der Waals surface area contributed by atoms with Crippen LogP contribution < -0.4 is 13.6 Å². The highest BCUT2D eigenvalue weighted by Crippen LogP contribution is 2.49. The maximum atomic E-state index is 10.1. The molecule has 0 radical (unpaired) electrons. The first-order valence-electron chi connectivity index (χ1n) is 12.3. The van der Waals surface area contributed by atoms with Crippen LogP contribution >= 0.6 is 8.60 Å². The zero-order chi connectivity index (χ0) is 27.8. The average Bonchev–Trinajstić information content (AvgIpc) is 2.75. The molecule has 6 nitrogen and oxygen atoms in total. The van der Waals surface area contributed by atoms with Gasteiger partial charge in [-0.15, -0.1) is 0 Å². The number of hydrogen-bond donors (Lipinski definition) is 3. The molecule has 3 aromatic rings. The van der Waals surface area contributed by atoms with E-state index in [1.807, 2.05) is 62.3 Å². The van der Waals surface area contributed by atoms with Gasteiger partial charge in [-0.25, -0.2) is 0 Å². The fourth-order valence-corrected chi connectivity index (χ4v) is 4.92. The molecule has 37 heavy (non-hydrogen) atoms. The fourth-order valence-electron chi connectivity index (χ4n) is 3.85. The predicted molar refractivity (Wildman–Crippen MR) is 149 cm³/mol. The lowest BCUT2D eigenvalue weighted by Crippen LogP contribution is -2.16. The van der Waals surface area contributed by atoms with Gasteiger partial charge in [0.2, 0.25) is 0 Å². The van der Waals surface area contributed by atoms with Crippen molar-refractivity contribution in [1.82, 2.24) is 0 Å². The van der Waals surface area contributed by atoms with Gasteiger partial charge in [-0.05, 0) is 70.8 Å². The Labute approximate surface area is 221 Å². The van der Waals surface area contributed by atoms with Crippen LogP contribution in [0.5, 0.6) is 34.5 Å². The van der Waals surface area contributed by atoms with Gasteiger partial charge in [0.05, 0.1) is 0 Å². The standard InChI is InChI=1S/C30H39O6P/c1-28(2,3)22-16-19(31)10-13-25(22)34-37(35-26-14-11-20(32)17-23(26)29(4,5)6)36-27-15-12-21(33)18-24(27)30(7,8)9/h10-18,31-33H,1-9H3. The van der Waals surface area contributed by atoms with Crippen LogP contribution in [0, 0.1) is 0 Å². The van der Waals surface area contributed by atoms with Crippen molar-refractivity contribution in [2.45, 2.75) is 78.6 Å². The molecule has 0 unspecified atom stereocenters. The van der Waals surface area contributed by atoms with E-state index in [1.165, 1.54) is 0 Å². The van der Waals surface area contributed by atoms with Crippen LogP contribution in [0.1, 0.15) is 79.0 Å². The molecule has 0 aliphatic carbocycles. The molecular formula is C30H39O6P. The van der Waals surface area contributed by atoms with Crippen LogP contribution in [0.4, 0.5) is 0 Å². The Morgan fingerprint density at radius 2 is 0.703 bits per heavy atom. The highest BCUT2D eigenvalue weighted by molar-refractivity contribution is 7.43. The van der Waals surface area contributed by atoms with Crippen LogP contribution in [0.2, 0.25) is 0 Å². The summed E-state index contributed by atoms with van der Waals surface area (Å²) in [6, 6.07) is 14.9. The molecule has 3 aromatic carbocycles. The van der Waals surface area contributed by atoms with E-state index in [-0.39, 0.29) is 33.5 Å². The Morgan fingerprint density at radius 1 is 0.459 bits per heavy atom. The lowest BCUT2D eigenvalue weighted by molar-refractivity contribution is 0.369. The van der Waals surface area contributed by atoms with Crippen molar-refractivity contribution in [2.75, 3.05) is 0 Å². The maximum absolute atomic E-state index is 10.1. The molecule has 0 aliphatic heterocycles. The second kappa shape index (κ2) is 10.3. The van der Waals surface area contributed by atoms with Crippen molar-refractivity contribution in [3.63, 3.8) is 0 Å². The molecular weight excluding hydrogens is 487 g/mol. The van der Waals surface area contributed by atoms with Crippen LogP contribution in [-0.2, 0) is 16.2 Å². The quantitative estimate of drug-likeness (QED) is 0.279. The Kier molecular flexibility index (Phi) is 7.95. The van der Waals surface area contributed by atoms with Crippen molar-refractivity contribution in [2.24, 2.45) is 0 Å². The van der Waals surface area contributed by atoms with Gasteiger partial charge in [-0.3, -0.25) is 0 Å². The molecule has 0 saturated heterocycles. The van der Waals surface area contributed by atoms with Crippen molar-refractivity contribution < 1.29 is 28.9 Å². The summed E-state index contributed by atoms with van der Waals surface area (Å²) in [5, 5.41) is 30.4. The van der Waals surface area contributed by atoms with Gasteiger partial charge >= 0.3 is 8.60 Å². The number of benzene rings is 3. The van der Waals surface area contributed by atoms with E-state index in [1.54, 1.807) is 54.6 Å². The highest BCUT2D eigenvalue weighted by atomic mass is 31.2. The maximum Gasteiger partial charge on any atom is 0.530 e. The first-order valence-corrected chi connectivity index (χ1v) is 13.4. The monoisotopic (exact) mass is 526 g/mol. The van der Waals surface area contributed by atoms with Crippen molar-refractivity contribution in [3.05, 3.63) is 71.3 Å². The average molecular weight is 527 g/mol. The molecule has 0 aromatic heterocycles. The minimum Gasteiger partial charge on any atom is -0.508 e. The van der Waals surface area contributed by atoms with Gasteiger partial charge in [-0.2, -0.15) is 0 Å². The highest BCUT2D eigenvalue weighted by Gasteiger charge is 2.30. The molecule has 0 spiro atoms. The minimum atomic E-state index is -2.05. The molecule has 200 valence electrons. The van der Waals surface area contributed by atoms with E-state index in [0.717, 1.165) is 16.7 Å². The van der Waals surface area contributed by atoms with Crippen LogP contribution in [-0.4, -0.2) is 15.3 Å². The first kappa shape index (κ1) is 28.5. The zero-order valence-electron chi connectivity index (χ0n) is 23.2. The van der Waals surface area contributed by atoms with E-state index in [2.05, 4.69) is 0 Å². The third-order valence-corrected chi connectivity index (χ3v) is 6.87. The molecule has 0 saturated carbocycles. The third-order valence-electron chi connectivity index (χ3n) is 5.83. The second-order valence-electron chi connectivity index (χ2n) is 12.3. The van der Waals surface area contributed by atoms with E-state index in [4.69, 9.17) is 13.6 Å². The summed E-state index contributed by atoms with van der Waals surface area (Å²) in [5.41, 5.74) is 1.44. The summed E-state index contributed by atoms with van der Waals surface area (Å²) in [5.74, 6) is 2.03. The number of phenols is 3. The summed E-state index contributed by atoms with van der Waals surface area (Å²) in [4.78, 5) is 0. The van der Waals surface area contributed by atoms with Gasteiger partial charge in [-0.1, -0.05) is 62.3 Å². The van der Waals surface area contributed by atoms with Gasteiger partial charge < -0.3 is 28.9 Å². The van der Waals surface area contributed by atoms with Gasteiger partial charge in [0.1, 0.15) is 34.5 Å². The molecule has 3 N–H and O–H groups in total. The molecule has 0 heterocycles. The van der Waals surface area contributed by atoms with E-state index in [0.29, 0.717) is 17.2 Å². The Morgan fingerprint density at radius 3 is 0.919 bits per heavy atom. The van der Waals surface area contributed by atoms with Gasteiger partial charge in [0.15, 0.2) is 0 Å². The van der Waals surface area contributed by atoms with Crippen molar-refractivity contribution >= 4 is 8.60 Å². The smallest absolute Gasteiger partial charge is 0.508 e. The number of rotatable bonds is 6. The third kappa shape index (κ3) is 7.23. The molecule has 3 rings (SSSR count). The van der Waals surface area contributed by atoms with Crippen LogP contribution in [0.3, 0.4) is 0 Å². The lowest BCUT2D eigenvalue weighted by atomic mass is 9.86. The summed E-state index contributed by atoms with van der Waals surface area (Å²) in [6.07, 6.45) is 0. The zero-order valence-corrected chi connectivity index (χ0v) is 24.1. The molecule has 7 heteroatoms. The molecule has 0 bridgehead atoms. The Hall–Kier alpha value is -3.11. The topological polar surface area (TPSA) is 88.4 Å². The molecule has 0 atom stereocenters. The van der Waals surface area contributed by atoms with E-state index in [9.17, 15) is 15.3 Å². The Bertz CT molecular complexity index is 1090. The molecule has 0 fully saturated rings. The minimum absolute atomic E-state index is 0.144. The van der Waals surface area contributed by atoms with E-state index >= 15 is 0 Å². The largest absolute Gasteiger partial charge is 0.530 e. The van der Waals surface area contributed by atoms with Crippen LogP contribution in [0.15, 0.2) is 54.6 Å². The van der Waals surface area contributed by atoms with Crippen LogP contribution in [0.25, 0.3) is 0 Å². The number of hydrogen-bond acceptors (Lipinski definition) is 6. The summed E-state index contributed by atoms with van der Waals surface area (Å²) in [7, 11) is -2.05. The lowest BCUT2D eigenvalue weighted by Gasteiger charge is -2.28. The SMILES string of the molecule is CC(C)(C)c1cc(O)ccc1OP(Oc1ccc(O)cc1C(C)(C)C)Oc1ccc(O)cc1C(C)(C)C. The van der Waals surface area contributed by atoms with Gasteiger partial charge in [0.25, 0.3) is 0 Å². The van der Waals surface area contributed by atoms with Crippen molar-refractivity contribution in [1.29, 1.82) is 0 Å². The van der Waals surface area contributed by atoms with Gasteiger partial charge in [0, 0.05) is 16.7 Å². The number of phenolic OH excluding ortho intramolecular Hbond substituents is 3. The Balaban J connectivity index is 2.12. The number of aromatic hydroxyl groups is 3.